The Kier molecular flexibility index (Phi) is 5.26. The molecule has 1 atom stereocenters. The first-order chi connectivity index (χ1) is 13.9. The molecule has 2 aliphatic heterocycles. The quantitative estimate of drug-likeness (QED) is 0.848. The van der Waals surface area contributed by atoms with Gasteiger partial charge in [0.1, 0.15) is 11.4 Å². The summed E-state index contributed by atoms with van der Waals surface area (Å²) in [7, 11) is 0. The number of hydrogen-bond acceptors (Lipinski definition) is 4. The molecule has 1 unspecified atom stereocenters. The number of likely N-dealkylation sites (tertiary alicyclic amines) is 1. The molecule has 2 aliphatic rings. The highest BCUT2D eigenvalue weighted by Crippen LogP contribution is 2.35. The van der Waals surface area contributed by atoms with Gasteiger partial charge in [-0.25, -0.2) is 0 Å². The highest BCUT2D eigenvalue weighted by Gasteiger charge is 2.31. The van der Waals surface area contributed by atoms with Crippen molar-refractivity contribution in [2.75, 3.05) is 6.54 Å². The molecule has 1 aromatic carbocycles. The van der Waals surface area contributed by atoms with Crippen molar-refractivity contribution in [3.63, 3.8) is 0 Å². The van der Waals surface area contributed by atoms with Gasteiger partial charge >= 0.3 is 0 Å². The molecule has 2 aromatic rings. The molecule has 29 heavy (non-hydrogen) atoms. The Bertz CT molecular complexity index is 911. The van der Waals surface area contributed by atoms with Crippen LogP contribution >= 0.6 is 0 Å². The third kappa shape index (κ3) is 4.58. The van der Waals surface area contributed by atoms with Gasteiger partial charge in [0.25, 0.3) is 0 Å². The zero-order valence-electron chi connectivity index (χ0n) is 17.0. The Balaban J connectivity index is 1.33. The third-order valence-corrected chi connectivity index (χ3v) is 5.54. The Hall–Kier alpha value is -2.89. The van der Waals surface area contributed by atoms with E-state index in [-0.39, 0.29) is 23.3 Å². The smallest absolute Gasteiger partial charge is 0.225 e. The van der Waals surface area contributed by atoms with Crippen molar-refractivity contribution < 1.29 is 14.3 Å². The highest BCUT2D eigenvalue weighted by atomic mass is 16.5. The van der Waals surface area contributed by atoms with E-state index in [0.717, 1.165) is 23.4 Å². The normalized spacial score (nSPS) is 20.1. The number of pyridine rings is 1. The van der Waals surface area contributed by atoms with Gasteiger partial charge in [0.15, 0.2) is 0 Å². The number of rotatable bonds is 5. The SMILES string of the molecule is CC1(C)Cc2cc(CNC(=O)C3CCC(=O)N(Cc4ccccn4)C3)ccc2O1. The molecule has 1 N–H and O–H groups in total. The molecule has 0 spiro atoms. The van der Waals surface area contributed by atoms with Crippen molar-refractivity contribution in [1.29, 1.82) is 0 Å². The number of ether oxygens (including phenoxy) is 1. The summed E-state index contributed by atoms with van der Waals surface area (Å²) < 4.78 is 5.91. The Morgan fingerprint density at radius 3 is 2.97 bits per heavy atom. The molecule has 0 bridgehead atoms. The minimum absolute atomic E-state index is 0.000555. The average Bonchev–Trinajstić information content (AvgIpc) is 3.01. The van der Waals surface area contributed by atoms with Gasteiger partial charge < -0.3 is 15.0 Å². The molecule has 6 nitrogen and oxygen atoms in total. The Labute approximate surface area is 171 Å². The van der Waals surface area contributed by atoms with Gasteiger partial charge in [0.2, 0.25) is 11.8 Å². The molecular weight excluding hydrogens is 366 g/mol. The van der Waals surface area contributed by atoms with Gasteiger partial charge in [-0.1, -0.05) is 18.2 Å². The van der Waals surface area contributed by atoms with Crippen LogP contribution in [0.25, 0.3) is 0 Å². The van der Waals surface area contributed by atoms with Crippen LogP contribution in [0.5, 0.6) is 5.75 Å². The zero-order valence-corrected chi connectivity index (χ0v) is 17.0. The fraction of sp³-hybridized carbons (Fsp3) is 0.435. The summed E-state index contributed by atoms with van der Waals surface area (Å²) >= 11 is 0. The van der Waals surface area contributed by atoms with Crippen LogP contribution < -0.4 is 10.1 Å². The molecule has 3 heterocycles. The van der Waals surface area contributed by atoms with Crippen LogP contribution in [-0.2, 0) is 29.1 Å². The van der Waals surface area contributed by atoms with E-state index in [9.17, 15) is 9.59 Å². The summed E-state index contributed by atoms with van der Waals surface area (Å²) in [6, 6.07) is 11.8. The van der Waals surface area contributed by atoms with E-state index in [4.69, 9.17) is 4.74 Å². The zero-order chi connectivity index (χ0) is 20.4. The van der Waals surface area contributed by atoms with Crippen LogP contribution in [0.4, 0.5) is 0 Å². The minimum atomic E-state index is -0.187. The third-order valence-electron chi connectivity index (χ3n) is 5.54. The molecular formula is C23H27N3O3. The Morgan fingerprint density at radius 1 is 1.31 bits per heavy atom. The van der Waals surface area contributed by atoms with E-state index < -0.39 is 0 Å². The van der Waals surface area contributed by atoms with E-state index in [2.05, 4.69) is 30.2 Å². The molecule has 6 heteroatoms. The number of nitrogens with one attached hydrogen (secondary N) is 1. The number of carbonyl (C=O) groups is 2. The summed E-state index contributed by atoms with van der Waals surface area (Å²) in [6.07, 6.45) is 3.58. The predicted octanol–water partition coefficient (Wildman–Crippen LogP) is 2.85. The lowest BCUT2D eigenvalue weighted by atomic mass is 9.96. The van der Waals surface area contributed by atoms with Crippen LogP contribution in [0.2, 0.25) is 0 Å². The maximum Gasteiger partial charge on any atom is 0.225 e. The first kappa shape index (κ1) is 19.4. The number of amides is 2. The van der Waals surface area contributed by atoms with Crippen LogP contribution in [0.3, 0.4) is 0 Å². The first-order valence-corrected chi connectivity index (χ1v) is 10.2. The summed E-state index contributed by atoms with van der Waals surface area (Å²) in [5.41, 5.74) is 2.92. The summed E-state index contributed by atoms with van der Waals surface area (Å²) in [6.45, 7) is 5.53. The molecule has 152 valence electrons. The summed E-state index contributed by atoms with van der Waals surface area (Å²) in [4.78, 5) is 31.0. The maximum atomic E-state index is 12.7. The molecule has 1 aromatic heterocycles. The van der Waals surface area contributed by atoms with Crippen LogP contribution in [0.15, 0.2) is 42.6 Å². The van der Waals surface area contributed by atoms with Gasteiger partial charge in [0.05, 0.1) is 18.2 Å². The molecule has 2 amide bonds. The fourth-order valence-electron chi connectivity index (χ4n) is 4.08. The molecule has 1 saturated heterocycles. The maximum absolute atomic E-state index is 12.7. The van der Waals surface area contributed by atoms with Crippen molar-refractivity contribution in [2.45, 2.75) is 51.8 Å². The molecule has 1 fully saturated rings. The number of fused-ring (bicyclic) bond motifs is 1. The minimum Gasteiger partial charge on any atom is -0.487 e. The number of aromatic nitrogens is 1. The second-order valence-corrected chi connectivity index (χ2v) is 8.53. The van der Waals surface area contributed by atoms with Crippen LogP contribution in [0.1, 0.15) is 43.5 Å². The van der Waals surface area contributed by atoms with E-state index >= 15 is 0 Å². The largest absolute Gasteiger partial charge is 0.487 e. The van der Waals surface area contributed by atoms with Gasteiger partial charge in [-0.2, -0.15) is 0 Å². The van der Waals surface area contributed by atoms with Crippen molar-refractivity contribution in [3.05, 3.63) is 59.4 Å². The van der Waals surface area contributed by atoms with Gasteiger partial charge in [-0.05, 0) is 49.6 Å². The van der Waals surface area contributed by atoms with Crippen molar-refractivity contribution in [3.8, 4) is 5.75 Å². The number of benzene rings is 1. The molecule has 0 radical (unpaired) electrons. The van der Waals surface area contributed by atoms with Gasteiger partial charge in [-0.15, -0.1) is 0 Å². The van der Waals surface area contributed by atoms with E-state index in [0.29, 0.717) is 32.5 Å². The monoisotopic (exact) mass is 393 g/mol. The number of piperidine rings is 1. The molecule has 0 saturated carbocycles. The summed E-state index contributed by atoms with van der Waals surface area (Å²) in [5, 5.41) is 3.05. The highest BCUT2D eigenvalue weighted by molar-refractivity contribution is 5.83. The number of nitrogens with zero attached hydrogens (tertiary/aromatic N) is 2. The molecule has 4 rings (SSSR count). The second-order valence-electron chi connectivity index (χ2n) is 8.53. The fourth-order valence-corrected chi connectivity index (χ4v) is 4.08. The van der Waals surface area contributed by atoms with Crippen LogP contribution in [0, 0.1) is 5.92 Å². The number of hydrogen-bond donors (Lipinski definition) is 1. The lowest BCUT2D eigenvalue weighted by molar-refractivity contribution is -0.139. The van der Waals surface area contributed by atoms with E-state index in [1.54, 1.807) is 11.1 Å². The van der Waals surface area contributed by atoms with Gasteiger partial charge in [0, 0.05) is 32.1 Å². The van der Waals surface area contributed by atoms with E-state index in [1.165, 1.54) is 5.56 Å². The van der Waals surface area contributed by atoms with Crippen molar-refractivity contribution in [1.82, 2.24) is 15.2 Å². The summed E-state index contributed by atoms with van der Waals surface area (Å²) in [5.74, 6) is 0.829. The van der Waals surface area contributed by atoms with Gasteiger partial charge in [-0.3, -0.25) is 14.6 Å². The van der Waals surface area contributed by atoms with Crippen LogP contribution in [-0.4, -0.2) is 33.8 Å². The van der Waals surface area contributed by atoms with E-state index in [1.807, 2.05) is 30.3 Å². The van der Waals surface area contributed by atoms with Crippen molar-refractivity contribution >= 4 is 11.8 Å². The van der Waals surface area contributed by atoms with Crippen molar-refractivity contribution in [2.24, 2.45) is 5.92 Å². The Morgan fingerprint density at radius 2 is 2.17 bits per heavy atom. The lowest BCUT2D eigenvalue weighted by Crippen LogP contribution is -2.45. The topological polar surface area (TPSA) is 71.5 Å². The predicted molar refractivity (Wildman–Crippen MR) is 109 cm³/mol. The number of carbonyl (C=O) groups excluding carboxylic acids is 2. The first-order valence-electron chi connectivity index (χ1n) is 10.2. The second kappa shape index (κ2) is 7.85. The lowest BCUT2D eigenvalue weighted by Gasteiger charge is -2.31. The average molecular weight is 393 g/mol. The molecule has 0 aliphatic carbocycles. The standard InChI is InChI=1S/C23H27N3O3/c1-23(2)12-18-11-16(6-8-20(18)29-23)13-25-22(28)17-7-9-21(27)26(14-17)15-19-5-3-4-10-24-19/h3-6,8,10-11,17H,7,9,12-15H2,1-2H3,(H,25,28).